The standard InChI is InChI=1S/C18H30N2O/c1-15-4-3-8-18(10-15,13-19-17-5-6-17)14-20(2)11-16-7-9-21-12-16/h7,9,12,15,17,19H,3-6,8,10-11,13-14H2,1-2H3. The molecule has 0 saturated heterocycles. The first kappa shape index (κ1) is 15.1. The van der Waals surface area contributed by atoms with Crippen molar-refractivity contribution in [3.8, 4) is 0 Å². The van der Waals surface area contributed by atoms with E-state index in [-0.39, 0.29) is 0 Å². The summed E-state index contributed by atoms with van der Waals surface area (Å²) in [6, 6.07) is 2.90. The lowest BCUT2D eigenvalue weighted by Crippen LogP contribution is -2.46. The number of nitrogens with one attached hydrogen (secondary N) is 1. The van der Waals surface area contributed by atoms with Crippen LogP contribution < -0.4 is 5.32 Å². The molecule has 1 N–H and O–H groups in total. The molecule has 1 aromatic heterocycles. The first-order chi connectivity index (χ1) is 10.2. The molecule has 2 aliphatic carbocycles. The molecule has 3 rings (SSSR count). The van der Waals surface area contributed by atoms with E-state index in [0.717, 1.165) is 18.5 Å². The lowest BCUT2D eigenvalue weighted by molar-refractivity contribution is 0.0884. The van der Waals surface area contributed by atoms with E-state index in [2.05, 4.69) is 30.3 Å². The molecule has 21 heavy (non-hydrogen) atoms. The van der Waals surface area contributed by atoms with Gasteiger partial charge in [-0.3, -0.25) is 0 Å². The first-order valence-corrected chi connectivity index (χ1v) is 8.58. The molecule has 0 radical (unpaired) electrons. The minimum atomic E-state index is 0.471. The van der Waals surface area contributed by atoms with Crippen LogP contribution in [0.2, 0.25) is 0 Å². The van der Waals surface area contributed by atoms with Crippen molar-refractivity contribution in [1.29, 1.82) is 0 Å². The van der Waals surface area contributed by atoms with Crippen LogP contribution in [0.1, 0.15) is 51.0 Å². The molecular formula is C18H30N2O. The SMILES string of the molecule is CC1CCCC(CNC2CC2)(CN(C)Cc2ccoc2)C1. The van der Waals surface area contributed by atoms with Gasteiger partial charge < -0.3 is 14.6 Å². The van der Waals surface area contributed by atoms with Crippen molar-refractivity contribution in [2.45, 2.75) is 58.0 Å². The van der Waals surface area contributed by atoms with Crippen molar-refractivity contribution in [1.82, 2.24) is 10.2 Å². The summed E-state index contributed by atoms with van der Waals surface area (Å²) in [4.78, 5) is 2.48. The smallest absolute Gasteiger partial charge is 0.0947 e. The molecule has 2 unspecified atom stereocenters. The fourth-order valence-electron chi connectivity index (χ4n) is 4.10. The number of hydrogen-bond donors (Lipinski definition) is 1. The topological polar surface area (TPSA) is 28.4 Å². The zero-order chi connectivity index (χ0) is 14.7. The Kier molecular flexibility index (Phi) is 4.70. The van der Waals surface area contributed by atoms with E-state index in [0.29, 0.717) is 5.41 Å². The molecule has 2 aliphatic rings. The molecule has 1 aromatic rings. The van der Waals surface area contributed by atoms with Gasteiger partial charge in [-0.15, -0.1) is 0 Å². The third-order valence-corrected chi connectivity index (χ3v) is 5.17. The molecule has 3 heteroatoms. The van der Waals surface area contributed by atoms with Gasteiger partial charge in [-0.25, -0.2) is 0 Å². The Hall–Kier alpha value is -0.800. The maximum absolute atomic E-state index is 5.20. The Labute approximate surface area is 129 Å². The molecule has 0 bridgehead atoms. The normalized spacial score (nSPS) is 30.0. The Morgan fingerprint density at radius 1 is 1.38 bits per heavy atom. The van der Waals surface area contributed by atoms with E-state index in [1.54, 1.807) is 6.26 Å². The molecule has 2 saturated carbocycles. The van der Waals surface area contributed by atoms with Crippen molar-refractivity contribution in [2.24, 2.45) is 11.3 Å². The van der Waals surface area contributed by atoms with Gasteiger partial charge in [0, 0.05) is 31.2 Å². The largest absolute Gasteiger partial charge is 0.472 e. The second-order valence-electron chi connectivity index (χ2n) is 7.66. The maximum atomic E-state index is 5.20. The van der Waals surface area contributed by atoms with Gasteiger partial charge in [-0.2, -0.15) is 0 Å². The lowest BCUT2D eigenvalue weighted by atomic mass is 9.69. The average Bonchev–Trinajstić information content (AvgIpc) is 3.14. The average molecular weight is 290 g/mol. The summed E-state index contributed by atoms with van der Waals surface area (Å²) >= 11 is 0. The van der Waals surface area contributed by atoms with Crippen LogP contribution in [0.25, 0.3) is 0 Å². The van der Waals surface area contributed by atoms with Crippen molar-refractivity contribution >= 4 is 0 Å². The molecule has 3 nitrogen and oxygen atoms in total. The van der Waals surface area contributed by atoms with Gasteiger partial charge >= 0.3 is 0 Å². The van der Waals surface area contributed by atoms with E-state index in [9.17, 15) is 0 Å². The van der Waals surface area contributed by atoms with E-state index in [4.69, 9.17) is 4.42 Å². The minimum absolute atomic E-state index is 0.471. The van der Waals surface area contributed by atoms with Crippen LogP contribution in [-0.2, 0) is 6.54 Å². The fourth-order valence-corrected chi connectivity index (χ4v) is 4.10. The van der Waals surface area contributed by atoms with Crippen LogP contribution in [0.3, 0.4) is 0 Å². The van der Waals surface area contributed by atoms with Gasteiger partial charge in [0.05, 0.1) is 12.5 Å². The molecule has 0 aliphatic heterocycles. The van der Waals surface area contributed by atoms with Crippen LogP contribution >= 0.6 is 0 Å². The van der Waals surface area contributed by atoms with Crippen LogP contribution in [0.15, 0.2) is 23.0 Å². The molecule has 118 valence electrons. The zero-order valence-electron chi connectivity index (χ0n) is 13.6. The van der Waals surface area contributed by atoms with Crippen LogP contribution in [-0.4, -0.2) is 31.1 Å². The minimum Gasteiger partial charge on any atom is -0.472 e. The van der Waals surface area contributed by atoms with Gasteiger partial charge in [0.1, 0.15) is 0 Å². The summed E-state index contributed by atoms with van der Waals surface area (Å²) in [6.07, 6.45) is 12.0. The third-order valence-electron chi connectivity index (χ3n) is 5.17. The summed E-state index contributed by atoms with van der Waals surface area (Å²) in [5, 5.41) is 3.81. The molecule has 2 fully saturated rings. The highest BCUT2D eigenvalue weighted by molar-refractivity contribution is 5.05. The summed E-state index contributed by atoms with van der Waals surface area (Å²) in [5.41, 5.74) is 1.75. The Bertz CT molecular complexity index is 426. The highest BCUT2D eigenvalue weighted by Crippen LogP contribution is 2.40. The second kappa shape index (κ2) is 6.53. The van der Waals surface area contributed by atoms with E-state index in [1.165, 1.54) is 57.2 Å². The Morgan fingerprint density at radius 2 is 2.24 bits per heavy atom. The lowest BCUT2D eigenvalue weighted by Gasteiger charge is -2.43. The predicted octanol–water partition coefficient (Wildman–Crippen LogP) is 3.66. The van der Waals surface area contributed by atoms with E-state index in [1.807, 2.05) is 6.26 Å². The second-order valence-corrected chi connectivity index (χ2v) is 7.66. The Balaban J connectivity index is 1.59. The molecule has 2 atom stereocenters. The monoisotopic (exact) mass is 290 g/mol. The molecular weight excluding hydrogens is 260 g/mol. The van der Waals surface area contributed by atoms with Gasteiger partial charge in [-0.1, -0.05) is 19.8 Å². The number of rotatable bonds is 7. The summed E-state index contributed by atoms with van der Waals surface area (Å²) in [6.45, 7) is 5.83. The first-order valence-electron chi connectivity index (χ1n) is 8.58. The van der Waals surface area contributed by atoms with Gasteiger partial charge in [0.2, 0.25) is 0 Å². The highest BCUT2D eigenvalue weighted by Gasteiger charge is 2.37. The molecule has 0 spiro atoms. The molecule has 0 aromatic carbocycles. The maximum Gasteiger partial charge on any atom is 0.0947 e. The predicted molar refractivity (Wildman–Crippen MR) is 86.1 cm³/mol. The summed E-state index contributed by atoms with van der Waals surface area (Å²) in [5.74, 6) is 0.877. The van der Waals surface area contributed by atoms with Crippen LogP contribution in [0, 0.1) is 11.3 Å². The van der Waals surface area contributed by atoms with Crippen molar-refractivity contribution < 1.29 is 4.42 Å². The number of furan rings is 1. The summed E-state index contributed by atoms with van der Waals surface area (Å²) < 4.78 is 5.20. The van der Waals surface area contributed by atoms with Crippen LogP contribution in [0.4, 0.5) is 0 Å². The quantitative estimate of drug-likeness (QED) is 0.830. The molecule has 0 amide bonds. The van der Waals surface area contributed by atoms with Crippen molar-refractivity contribution in [3.05, 3.63) is 24.2 Å². The van der Waals surface area contributed by atoms with Crippen molar-refractivity contribution in [2.75, 3.05) is 20.1 Å². The van der Waals surface area contributed by atoms with E-state index >= 15 is 0 Å². The van der Waals surface area contributed by atoms with Gasteiger partial charge in [0.25, 0.3) is 0 Å². The third kappa shape index (κ3) is 4.33. The number of nitrogens with zero attached hydrogens (tertiary/aromatic N) is 1. The summed E-state index contributed by atoms with van der Waals surface area (Å²) in [7, 11) is 2.26. The highest BCUT2D eigenvalue weighted by atomic mass is 16.3. The van der Waals surface area contributed by atoms with Gasteiger partial charge in [-0.05, 0) is 50.1 Å². The van der Waals surface area contributed by atoms with E-state index < -0.39 is 0 Å². The molecule has 1 heterocycles. The Morgan fingerprint density at radius 3 is 2.90 bits per heavy atom. The zero-order valence-corrected chi connectivity index (χ0v) is 13.6. The van der Waals surface area contributed by atoms with Gasteiger partial charge in [0.15, 0.2) is 0 Å². The number of hydrogen-bond acceptors (Lipinski definition) is 3. The van der Waals surface area contributed by atoms with Crippen molar-refractivity contribution in [3.63, 3.8) is 0 Å². The van der Waals surface area contributed by atoms with Crippen LogP contribution in [0.5, 0.6) is 0 Å². The fraction of sp³-hybridized carbons (Fsp3) is 0.778.